The number of carbonyl (C=O) groups is 1. The molecule has 0 aliphatic carbocycles. The van der Waals surface area contributed by atoms with Crippen molar-refractivity contribution in [3.05, 3.63) is 83.7 Å². The number of carbonyl (C=O) groups excluding carboxylic acids is 1. The molecule has 2 aromatic carbocycles. The maximum atomic E-state index is 12.8. The zero-order valence-corrected chi connectivity index (χ0v) is 14.3. The van der Waals surface area contributed by atoms with Crippen molar-refractivity contribution in [2.24, 2.45) is 0 Å². The minimum Gasteiger partial charge on any atom is -0.354 e. The number of amides is 1. The Labute approximate surface area is 158 Å². The van der Waals surface area contributed by atoms with E-state index in [4.69, 9.17) is 5.26 Å². The third-order valence-electron chi connectivity index (χ3n) is 3.75. The monoisotopic (exact) mass is 382 g/mol. The minimum atomic E-state index is -4.45. The standard InChI is InChI=1S/C20H13F3N4O/c21-20(22,23)15-2-1-3-17(9-15)26-18-8-14(11-25-12-18)19(28)27-16-6-4-13(10-24)5-7-16/h1-9,11-12,26H,(H,27,28). The fraction of sp³-hybridized carbons (Fsp3) is 0.0500. The van der Waals surface area contributed by atoms with Gasteiger partial charge in [0.2, 0.25) is 0 Å². The van der Waals surface area contributed by atoms with Gasteiger partial charge in [0.1, 0.15) is 0 Å². The lowest BCUT2D eigenvalue weighted by atomic mass is 10.2. The quantitative estimate of drug-likeness (QED) is 0.668. The van der Waals surface area contributed by atoms with Crippen LogP contribution < -0.4 is 10.6 Å². The van der Waals surface area contributed by atoms with Crippen molar-refractivity contribution >= 4 is 23.0 Å². The number of hydrogen-bond acceptors (Lipinski definition) is 4. The number of aromatic nitrogens is 1. The molecule has 0 spiro atoms. The predicted molar refractivity (Wildman–Crippen MR) is 98.1 cm³/mol. The number of pyridine rings is 1. The number of halogens is 3. The average Bonchev–Trinajstić information content (AvgIpc) is 2.68. The summed E-state index contributed by atoms with van der Waals surface area (Å²) in [5.41, 5.74) is 1.00. The van der Waals surface area contributed by atoms with E-state index in [-0.39, 0.29) is 11.3 Å². The van der Waals surface area contributed by atoms with E-state index in [2.05, 4.69) is 15.6 Å². The summed E-state index contributed by atoms with van der Waals surface area (Å²) in [4.78, 5) is 16.3. The van der Waals surface area contributed by atoms with Gasteiger partial charge in [-0.15, -0.1) is 0 Å². The molecule has 28 heavy (non-hydrogen) atoms. The largest absolute Gasteiger partial charge is 0.416 e. The summed E-state index contributed by atoms with van der Waals surface area (Å²) in [6, 6.07) is 14.5. The van der Waals surface area contributed by atoms with E-state index < -0.39 is 17.6 Å². The van der Waals surface area contributed by atoms with Crippen LogP contribution in [0.3, 0.4) is 0 Å². The summed E-state index contributed by atoms with van der Waals surface area (Å²) in [6.07, 6.45) is -1.70. The number of benzene rings is 2. The molecule has 0 radical (unpaired) electrons. The summed E-state index contributed by atoms with van der Waals surface area (Å²) in [5, 5.41) is 14.3. The molecule has 3 aromatic rings. The number of nitrogens with zero attached hydrogens (tertiary/aromatic N) is 2. The summed E-state index contributed by atoms with van der Waals surface area (Å²) in [5.74, 6) is -0.440. The molecule has 1 aromatic heterocycles. The number of alkyl halides is 3. The molecule has 0 fully saturated rings. The molecule has 3 rings (SSSR count). The van der Waals surface area contributed by atoms with E-state index >= 15 is 0 Å². The molecule has 0 aliphatic heterocycles. The van der Waals surface area contributed by atoms with Crippen molar-refractivity contribution in [1.82, 2.24) is 4.98 Å². The van der Waals surface area contributed by atoms with Crippen LogP contribution in [-0.2, 0) is 6.18 Å². The maximum absolute atomic E-state index is 12.8. The Bertz CT molecular complexity index is 1040. The Morgan fingerprint density at radius 2 is 1.71 bits per heavy atom. The Morgan fingerprint density at radius 3 is 2.39 bits per heavy atom. The highest BCUT2D eigenvalue weighted by molar-refractivity contribution is 6.04. The van der Waals surface area contributed by atoms with E-state index in [0.29, 0.717) is 16.9 Å². The number of rotatable bonds is 4. The van der Waals surface area contributed by atoms with Crippen LogP contribution >= 0.6 is 0 Å². The lowest BCUT2D eigenvalue weighted by molar-refractivity contribution is -0.137. The van der Waals surface area contributed by atoms with Crippen molar-refractivity contribution in [1.29, 1.82) is 5.26 Å². The van der Waals surface area contributed by atoms with Gasteiger partial charge in [-0.1, -0.05) is 6.07 Å². The Morgan fingerprint density at radius 1 is 0.964 bits per heavy atom. The molecular formula is C20H13F3N4O. The second kappa shape index (κ2) is 7.80. The fourth-order valence-corrected chi connectivity index (χ4v) is 2.40. The highest BCUT2D eigenvalue weighted by Crippen LogP contribution is 2.31. The van der Waals surface area contributed by atoms with Gasteiger partial charge in [-0.2, -0.15) is 18.4 Å². The SMILES string of the molecule is N#Cc1ccc(NC(=O)c2cncc(Nc3cccc(C(F)(F)F)c3)c2)cc1. The normalized spacial score (nSPS) is 10.8. The number of nitrogens with one attached hydrogen (secondary N) is 2. The van der Waals surface area contributed by atoms with Gasteiger partial charge in [0.05, 0.1) is 34.6 Å². The summed E-state index contributed by atoms with van der Waals surface area (Å²) in [7, 11) is 0. The molecule has 0 unspecified atom stereocenters. The zero-order chi connectivity index (χ0) is 20.1. The van der Waals surface area contributed by atoms with Gasteiger partial charge in [0.15, 0.2) is 0 Å². The van der Waals surface area contributed by atoms with Crippen molar-refractivity contribution in [3.8, 4) is 6.07 Å². The van der Waals surface area contributed by atoms with E-state index in [1.807, 2.05) is 6.07 Å². The van der Waals surface area contributed by atoms with Crippen molar-refractivity contribution in [2.45, 2.75) is 6.18 Å². The lowest BCUT2D eigenvalue weighted by Gasteiger charge is -2.11. The molecule has 140 valence electrons. The molecule has 1 amide bonds. The van der Waals surface area contributed by atoms with Gasteiger partial charge in [-0.05, 0) is 48.5 Å². The Hall–Kier alpha value is -3.86. The lowest BCUT2D eigenvalue weighted by Crippen LogP contribution is -2.12. The maximum Gasteiger partial charge on any atom is 0.416 e. The van der Waals surface area contributed by atoms with Crippen LogP contribution in [0.15, 0.2) is 67.0 Å². The highest BCUT2D eigenvalue weighted by atomic mass is 19.4. The third kappa shape index (κ3) is 4.65. The molecule has 0 saturated carbocycles. The van der Waals surface area contributed by atoms with Crippen LogP contribution in [0.4, 0.5) is 30.2 Å². The van der Waals surface area contributed by atoms with Gasteiger partial charge >= 0.3 is 6.18 Å². The summed E-state index contributed by atoms with van der Waals surface area (Å²) < 4.78 is 38.5. The zero-order valence-electron chi connectivity index (χ0n) is 14.3. The molecule has 2 N–H and O–H groups in total. The molecule has 8 heteroatoms. The second-order valence-electron chi connectivity index (χ2n) is 5.81. The Kier molecular flexibility index (Phi) is 5.27. The molecule has 0 atom stereocenters. The first-order valence-electron chi connectivity index (χ1n) is 8.06. The first-order chi connectivity index (χ1) is 13.3. The van der Waals surface area contributed by atoms with Crippen LogP contribution in [0, 0.1) is 11.3 Å². The van der Waals surface area contributed by atoms with Crippen LogP contribution in [0.5, 0.6) is 0 Å². The first kappa shape index (κ1) is 18.9. The van der Waals surface area contributed by atoms with Crippen molar-refractivity contribution in [3.63, 3.8) is 0 Å². The number of nitriles is 1. The smallest absolute Gasteiger partial charge is 0.354 e. The van der Waals surface area contributed by atoms with E-state index in [1.165, 1.54) is 30.6 Å². The van der Waals surface area contributed by atoms with Gasteiger partial charge in [-0.3, -0.25) is 9.78 Å². The topological polar surface area (TPSA) is 77.8 Å². The fourth-order valence-electron chi connectivity index (χ4n) is 2.40. The van der Waals surface area contributed by atoms with Gasteiger partial charge in [0.25, 0.3) is 5.91 Å². The average molecular weight is 382 g/mol. The molecule has 0 bridgehead atoms. The summed E-state index contributed by atoms with van der Waals surface area (Å²) >= 11 is 0. The van der Waals surface area contributed by atoms with Gasteiger partial charge < -0.3 is 10.6 Å². The van der Waals surface area contributed by atoms with E-state index in [9.17, 15) is 18.0 Å². The molecule has 0 aliphatic rings. The third-order valence-corrected chi connectivity index (χ3v) is 3.75. The van der Waals surface area contributed by atoms with Gasteiger partial charge in [-0.25, -0.2) is 0 Å². The molecule has 5 nitrogen and oxygen atoms in total. The Balaban J connectivity index is 1.75. The molecular weight excluding hydrogens is 369 g/mol. The van der Waals surface area contributed by atoms with Crippen LogP contribution in [-0.4, -0.2) is 10.9 Å². The van der Waals surface area contributed by atoms with Crippen molar-refractivity contribution < 1.29 is 18.0 Å². The van der Waals surface area contributed by atoms with Crippen LogP contribution in [0.25, 0.3) is 0 Å². The van der Waals surface area contributed by atoms with Gasteiger partial charge in [0, 0.05) is 17.6 Å². The second-order valence-corrected chi connectivity index (χ2v) is 5.81. The number of anilines is 3. The molecule has 0 saturated heterocycles. The first-order valence-corrected chi connectivity index (χ1v) is 8.06. The van der Waals surface area contributed by atoms with E-state index in [1.54, 1.807) is 24.3 Å². The van der Waals surface area contributed by atoms with Crippen molar-refractivity contribution in [2.75, 3.05) is 10.6 Å². The summed E-state index contributed by atoms with van der Waals surface area (Å²) in [6.45, 7) is 0. The number of hydrogen-bond donors (Lipinski definition) is 2. The molecule has 1 heterocycles. The van der Waals surface area contributed by atoms with Crippen LogP contribution in [0.2, 0.25) is 0 Å². The highest BCUT2D eigenvalue weighted by Gasteiger charge is 2.30. The predicted octanol–water partition coefficient (Wildman–Crippen LogP) is 4.97. The van der Waals surface area contributed by atoms with E-state index in [0.717, 1.165) is 12.1 Å². The minimum absolute atomic E-state index is 0.223. The van der Waals surface area contributed by atoms with Crippen LogP contribution in [0.1, 0.15) is 21.5 Å².